The molecule has 1 aromatic heterocycles. The van der Waals surface area contributed by atoms with Gasteiger partial charge in [-0.3, -0.25) is 4.79 Å². The third-order valence-electron chi connectivity index (χ3n) is 3.58. The molecule has 0 saturated heterocycles. The van der Waals surface area contributed by atoms with Crippen molar-refractivity contribution in [2.75, 3.05) is 11.1 Å². The number of nitrogen functional groups attached to an aromatic ring is 1. The number of carbonyl (C=O) groups excluding carboxylic acids is 1. The van der Waals surface area contributed by atoms with Crippen LogP contribution in [0.3, 0.4) is 0 Å². The van der Waals surface area contributed by atoms with Crippen molar-refractivity contribution in [3.8, 4) is 0 Å². The Morgan fingerprint density at radius 2 is 1.89 bits per heavy atom. The number of hydrogen-bond acceptors (Lipinski definition) is 3. The highest BCUT2D eigenvalue weighted by Gasteiger charge is 2.20. The molecular weight excluding hydrogens is 306 g/mol. The lowest BCUT2D eigenvalue weighted by Crippen LogP contribution is -2.24. The van der Waals surface area contributed by atoms with E-state index < -0.39 is 0 Å². The summed E-state index contributed by atoms with van der Waals surface area (Å²) in [6.45, 7) is 0. The summed E-state index contributed by atoms with van der Waals surface area (Å²) in [6, 6.07) is 1.75. The van der Waals surface area contributed by atoms with Crippen LogP contribution in [0.1, 0.15) is 44.9 Å². The van der Waals surface area contributed by atoms with Crippen LogP contribution >= 0.6 is 15.9 Å². The quantitative estimate of drug-likeness (QED) is 0.870. The van der Waals surface area contributed by atoms with Gasteiger partial charge in [-0.05, 0) is 34.8 Å². The number of amides is 1. The van der Waals surface area contributed by atoms with Crippen molar-refractivity contribution in [3.63, 3.8) is 0 Å². The van der Waals surface area contributed by atoms with Crippen LogP contribution in [0.5, 0.6) is 0 Å². The number of nitrogens with zero attached hydrogens (tertiary/aromatic N) is 1. The fourth-order valence-electron chi connectivity index (χ4n) is 2.48. The number of nitrogens with one attached hydrogen (secondary N) is 1. The van der Waals surface area contributed by atoms with Crippen molar-refractivity contribution in [1.82, 2.24) is 4.98 Å². The summed E-state index contributed by atoms with van der Waals surface area (Å²) >= 11 is 3.37. The first-order chi connectivity index (χ1) is 9.16. The van der Waals surface area contributed by atoms with Crippen molar-refractivity contribution in [2.24, 2.45) is 5.92 Å². The summed E-state index contributed by atoms with van der Waals surface area (Å²) in [4.78, 5) is 16.4. The predicted octanol–water partition coefficient (Wildman–Crippen LogP) is 3.73. The number of hydrogen-bond donors (Lipinski definition) is 2. The zero-order valence-corrected chi connectivity index (χ0v) is 12.6. The lowest BCUT2D eigenvalue weighted by atomic mass is 9.90. The number of nitrogens with two attached hydrogens (primary N) is 1. The van der Waals surface area contributed by atoms with E-state index >= 15 is 0 Å². The first-order valence-electron chi connectivity index (χ1n) is 6.88. The van der Waals surface area contributed by atoms with Gasteiger partial charge in [-0.15, -0.1) is 0 Å². The molecule has 104 valence electrons. The van der Waals surface area contributed by atoms with Crippen LogP contribution in [-0.4, -0.2) is 10.9 Å². The van der Waals surface area contributed by atoms with Crippen molar-refractivity contribution in [3.05, 3.63) is 16.7 Å². The van der Waals surface area contributed by atoms with Crippen LogP contribution in [0, 0.1) is 5.92 Å². The Bertz CT molecular complexity index is 442. The zero-order chi connectivity index (χ0) is 13.7. The Kier molecular flexibility index (Phi) is 5.19. The molecule has 0 radical (unpaired) electrons. The Labute approximate surface area is 122 Å². The van der Waals surface area contributed by atoms with Gasteiger partial charge in [-0.2, -0.15) is 0 Å². The largest absolute Gasteiger partial charge is 0.397 e. The molecule has 0 atom stereocenters. The van der Waals surface area contributed by atoms with Gasteiger partial charge >= 0.3 is 0 Å². The second-order valence-electron chi connectivity index (χ2n) is 5.13. The molecule has 2 rings (SSSR count). The molecule has 0 unspecified atom stereocenters. The minimum atomic E-state index is 0.0832. The molecule has 1 fully saturated rings. The molecule has 1 saturated carbocycles. The average Bonchev–Trinajstić information content (AvgIpc) is 2.32. The maximum Gasteiger partial charge on any atom is 0.228 e. The molecule has 1 aromatic rings. The second-order valence-corrected chi connectivity index (χ2v) is 5.98. The average molecular weight is 326 g/mol. The normalized spacial score (nSPS) is 17.5. The van der Waals surface area contributed by atoms with Gasteiger partial charge in [-0.1, -0.05) is 32.1 Å². The molecule has 0 bridgehead atoms. The van der Waals surface area contributed by atoms with Crippen molar-refractivity contribution >= 4 is 33.3 Å². The third-order valence-corrected chi connectivity index (χ3v) is 4.18. The van der Waals surface area contributed by atoms with Crippen LogP contribution in [0.2, 0.25) is 0 Å². The van der Waals surface area contributed by atoms with Crippen LogP contribution in [0.25, 0.3) is 0 Å². The smallest absolute Gasteiger partial charge is 0.228 e. The summed E-state index contributed by atoms with van der Waals surface area (Å²) < 4.78 is 0.728. The number of carbonyl (C=O) groups is 1. The maximum absolute atomic E-state index is 12.3. The lowest BCUT2D eigenvalue weighted by Gasteiger charge is -2.19. The lowest BCUT2D eigenvalue weighted by molar-refractivity contribution is -0.120. The van der Waals surface area contributed by atoms with Crippen molar-refractivity contribution in [1.29, 1.82) is 0 Å². The van der Waals surface area contributed by atoms with Crippen LogP contribution in [0.15, 0.2) is 16.7 Å². The van der Waals surface area contributed by atoms with Gasteiger partial charge in [0, 0.05) is 5.92 Å². The first kappa shape index (κ1) is 14.3. The summed E-state index contributed by atoms with van der Waals surface area (Å²) in [5, 5.41) is 2.90. The van der Waals surface area contributed by atoms with E-state index in [0.29, 0.717) is 11.5 Å². The molecule has 1 heterocycles. The van der Waals surface area contributed by atoms with E-state index in [4.69, 9.17) is 5.73 Å². The van der Waals surface area contributed by atoms with Gasteiger partial charge in [0.25, 0.3) is 0 Å². The highest BCUT2D eigenvalue weighted by molar-refractivity contribution is 9.10. The third kappa shape index (κ3) is 4.20. The monoisotopic (exact) mass is 325 g/mol. The van der Waals surface area contributed by atoms with Crippen LogP contribution in [0.4, 0.5) is 11.5 Å². The highest BCUT2D eigenvalue weighted by atomic mass is 79.9. The Morgan fingerprint density at radius 3 is 2.53 bits per heavy atom. The molecule has 3 N–H and O–H groups in total. The number of anilines is 2. The number of pyridine rings is 1. The molecule has 0 spiro atoms. The maximum atomic E-state index is 12.3. The number of aromatic nitrogens is 1. The summed E-state index contributed by atoms with van der Waals surface area (Å²) in [6.07, 6.45) is 9.61. The van der Waals surface area contributed by atoms with Crippen LogP contribution in [-0.2, 0) is 4.79 Å². The molecule has 19 heavy (non-hydrogen) atoms. The Hall–Kier alpha value is -1.10. The van der Waals surface area contributed by atoms with E-state index in [-0.39, 0.29) is 11.8 Å². The Morgan fingerprint density at radius 1 is 1.26 bits per heavy atom. The van der Waals surface area contributed by atoms with E-state index in [2.05, 4.69) is 26.2 Å². The molecule has 5 heteroatoms. The highest BCUT2D eigenvalue weighted by Crippen LogP contribution is 2.26. The fourth-order valence-corrected chi connectivity index (χ4v) is 2.95. The van der Waals surface area contributed by atoms with Gasteiger partial charge in [0.1, 0.15) is 5.82 Å². The molecule has 4 nitrogen and oxygen atoms in total. The van der Waals surface area contributed by atoms with Gasteiger partial charge in [0.15, 0.2) is 0 Å². The number of halogens is 1. The van der Waals surface area contributed by atoms with E-state index in [1.807, 2.05) is 0 Å². The van der Waals surface area contributed by atoms with E-state index in [9.17, 15) is 4.79 Å². The SMILES string of the molecule is Nc1cnc(NC(=O)C2CCCCCCC2)c(Br)c1. The van der Waals surface area contributed by atoms with Gasteiger partial charge in [0.2, 0.25) is 5.91 Å². The van der Waals surface area contributed by atoms with E-state index in [1.54, 1.807) is 12.3 Å². The van der Waals surface area contributed by atoms with Gasteiger partial charge < -0.3 is 11.1 Å². The standard InChI is InChI=1S/C14H20BrN3O/c15-12-8-11(16)9-17-13(12)18-14(19)10-6-4-2-1-3-5-7-10/h8-10H,1-7,16H2,(H,17,18,19). The fraction of sp³-hybridized carbons (Fsp3) is 0.571. The molecule has 1 amide bonds. The molecule has 1 aliphatic carbocycles. The van der Waals surface area contributed by atoms with Crippen molar-refractivity contribution < 1.29 is 4.79 Å². The van der Waals surface area contributed by atoms with E-state index in [1.165, 1.54) is 19.3 Å². The number of rotatable bonds is 2. The van der Waals surface area contributed by atoms with Gasteiger partial charge in [-0.25, -0.2) is 4.98 Å². The van der Waals surface area contributed by atoms with Crippen LogP contribution < -0.4 is 11.1 Å². The second kappa shape index (κ2) is 6.89. The first-order valence-corrected chi connectivity index (χ1v) is 7.68. The van der Waals surface area contributed by atoms with E-state index in [0.717, 1.165) is 30.2 Å². The summed E-state index contributed by atoms with van der Waals surface area (Å²) in [5.74, 6) is 0.757. The zero-order valence-electron chi connectivity index (χ0n) is 11.0. The minimum absolute atomic E-state index is 0.0832. The predicted molar refractivity (Wildman–Crippen MR) is 80.8 cm³/mol. The van der Waals surface area contributed by atoms with Crippen molar-refractivity contribution in [2.45, 2.75) is 44.9 Å². The summed E-state index contributed by atoms with van der Waals surface area (Å²) in [7, 11) is 0. The molecule has 0 aromatic carbocycles. The molecule has 0 aliphatic heterocycles. The topological polar surface area (TPSA) is 68.0 Å². The molecular formula is C14H20BrN3O. The minimum Gasteiger partial charge on any atom is -0.397 e. The summed E-state index contributed by atoms with van der Waals surface area (Å²) in [5.41, 5.74) is 6.21. The molecule has 1 aliphatic rings. The van der Waals surface area contributed by atoms with Gasteiger partial charge in [0.05, 0.1) is 16.4 Å². The Balaban J connectivity index is 1.98.